The second-order valence-electron chi connectivity index (χ2n) is 4.00. The Balaban J connectivity index is 1.97. The summed E-state index contributed by atoms with van der Waals surface area (Å²) in [5, 5.41) is 0.715. The van der Waals surface area contributed by atoms with Crippen molar-refractivity contribution in [2.45, 2.75) is 0 Å². The molecule has 0 aliphatic heterocycles. The van der Waals surface area contributed by atoms with Crippen LogP contribution in [-0.4, -0.2) is 5.78 Å². The van der Waals surface area contributed by atoms with Crippen LogP contribution in [0.25, 0.3) is 6.08 Å². The summed E-state index contributed by atoms with van der Waals surface area (Å²) >= 11 is 5.80. The Bertz CT molecular complexity index is 595. The third-order valence-electron chi connectivity index (χ3n) is 2.58. The van der Waals surface area contributed by atoms with Crippen molar-refractivity contribution in [3.63, 3.8) is 0 Å². The average molecular weight is 269 g/mol. The van der Waals surface area contributed by atoms with Gasteiger partial charge in [-0.05, 0) is 23.8 Å². The molecule has 0 unspecified atom stereocenters. The largest absolute Gasteiger partial charge is 0.289 e. The third-order valence-corrected chi connectivity index (χ3v) is 2.83. The number of allylic oxidation sites excluding steroid dienone is 3. The summed E-state index contributed by atoms with van der Waals surface area (Å²) in [7, 11) is 0. The second-order valence-corrected chi connectivity index (χ2v) is 4.44. The molecule has 0 bridgehead atoms. The summed E-state index contributed by atoms with van der Waals surface area (Å²) in [5.74, 6) is 0.00126. The van der Waals surface area contributed by atoms with Crippen LogP contribution in [0.15, 0.2) is 72.8 Å². The van der Waals surface area contributed by atoms with Crippen LogP contribution >= 0.6 is 11.6 Å². The number of halogens is 1. The molecule has 0 saturated carbocycles. The summed E-state index contributed by atoms with van der Waals surface area (Å²) < 4.78 is 0. The van der Waals surface area contributed by atoms with Crippen LogP contribution < -0.4 is 0 Å². The van der Waals surface area contributed by atoms with Gasteiger partial charge in [-0.15, -0.1) is 0 Å². The highest BCUT2D eigenvalue weighted by Crippen LogP contribution is 2.10. The van der Waals surface area contributed by atoms with Gasteiger partial charge in [-0.1, -0.05) is 72.3 Å². The maximum absolute atomic E-state index is 11.8. The molecule has 0 atom stereocenters. The monoisotopic (exact) mass is 268 g/mol. The Kier molecular flexibility index (Phi) is 4.71. The standard InChI is InChI=1S/C17H13ClO/c18-16-12-10-14(11-13-16)6-4-5-9-17(19)15-7-2-1-3-8-15/h1-13H/b6-4+,9-5+. The molecular weight excluding hydrogens is 256 g/mol. The van der Waals surface area contributed by atoms with E-state index in [2.05, 4.69) is 0 Å². The average Bonchev–Trinajstić information content (AvgIpc) is 2.46. The molecule has 0 saturated heterocycles. The highest BCUT2D eigenvalue weighted by Gasteiger charge is 1.97. The molecule has 0 aromatic heterocycles. The van der Waals surface area contributed by atoms with E-state index in [1.54, 1.807) is 24.3 Å². The highest BCUT2D eigenvalue weighted by molar-refractivity contribution is 6.30. The molecule has 0 aliphatic rings. The summed E-state index contributed by atoms with van der Waals surface area (Å²) in [6.07, 6.45) is 7.06. The first-order valence-corrected chi connectivity index (χ1v) is 6.33. The lowest BCUT2D eigenvalue weighted by Gasteiger charge is -1.93. The molecule has 1 nitrogen and oxygen atoms in total. The van der Waals surface area contributed by atoms with E-state index in [4.69, 9.17) is 11.6 Å². The van der Waals surface area contributed by atoms with Crippen molar-refractivity contribution >= 4 is 23.5 Å². The number of ketones is 1. The highest BCUT2D eigenvalue weighted by atomic mass is 35.5. The van der Waals surface area contributed by atoms with E-state index in [9.17, 15) is 4.79 Å². The Hall–Kier alpha value is -2.12. The van der Waals surface area contributed by atoms with Gasteiger partial charge in [0.15, 0.2) is 5.78 Å². The van der Waals surface area contributed by atoms with Crippen molar-refractivity contribution in [1.29, 1.82) is 0 Å². The summed E-state index contributed by atoms with van der Waals surface area (Å²) in [6.45, 7) is 0. The van der Waals surface area contributed by atoms with Gasteiger partial charge in [0.1, 0.15) is 0 Å². The van der Waals surface area contributed by atoms with Crippen molar-refractivity contribution in [2.75, 3.05) is 0 Å². The van der Waals surface area contributed by atoms with Gasteiger partial charge >= 0.3 is 0 Å². The molecule has 94 valence electrons. The molecule has 0 fully saturated rings. The number of rotatable bonds is 4. The molecular formula is C17H13ClO. The van der Waals surface area contributed by atoms with E-state index < -0.39 is 0 Å². The number of carbonyl (C=O) groups excluding carboxylic acids is 1. The minimum absolute atomic E-state index is 0.00126. The van der Waals surface area contributed by atoms with Crippen molar-refractivity contribution in [3.05, 3.63) is 89.0 Å². The lowest BCUT2D eigenvalue weighted by atomic mass is 10.1. The van der Waals surface area contributed by atoms with E-state index in [0.717, 1.165) is 5.56 Å². The molecule has 2 heteroatoms. The van der Waals surface area contributed by atoms with E-state index in [0.29, 0.717) is 10.6 Å². The minimum atomic E-state index is 0.00126. The molecule has 2 aromatic carbocycles. The van der Waals surface area contributed by atoms with Gasteiger partial charge < -0.3 is 0 Å². The molecule has 0 radical (unpaired) electrons. The van der Waals surface area contributed by atoms with Gasteiger partial charge in [0.05, 0.1) is 0 Å². The van der Waals surface area contributed by atoms with Crippen molar-refractivity contribution in [3.8, 4) is 0 Å². The Morgan fingerprint density at radius 2 is 1.58 bits per heavy atom. The van der Waals surface area contributed by atoms with Crippen LogP contribution in [0.5, 0.6) is 0 Å². The number of benzene rings is 2. The third kappa shape index (κ3) is 4.23. The van der Waals surface area contributed by atoms with Crippen molar-refractivity contribution in [2.24, 2.45) is 0 Å². The van der Waals surface area contributed by atoms with Crippen LogP contribution in [0.3, 0.4) is 0 Å². The molecule has 0 spiro atoms. The second kappa shape index (κ2) is 6.72. The number of carbonyl (C=O) groups is 1. The molecule has 2 aromatic rings. The van der Waals surface area contributed by atoms with Gasteiger partial charge in [-0.25, -0.2) is 0 Å². The smallest absolute Gasteiger partial charge is 0.185 e. The molecule has 0 heterocycles. The van der Waals surface area contributed by atoms with Crippen molar-refractivity contribution in [1.82, 2.24) is 0 Å². The Morgan fingerprint density at radius 3 is 2.26 bits per heavy atom. The van der Waals surface area contributed by atoms with Gasteiger partial charge in [0, 0.05) is 10.6 Å². The first kappa shape index (κ1) is 13.3. The van der Waals surface area contributed by atoms with E-state index in [-0.39, 0.29) is 5.78 Å². The van der Waals surface area contributed by atoms with Gasteiger partial charge in [0.25, 0.3) is 0 Å². The molecule has 0 N–H and O–H groups in total. The molecule has 0 amide bonds. The molecule has 19 heavy (non-hydrogen) atoms. The Labute approximate surface area is 117 Å². The minimum Gasteiger partial charge on any atom is -0.289 e. The van der Waals surface area contributed by atoms with Crippen LogP contribution in [0.4, 0.5) is 0 Å². The van der Waals surface area contributed by atoms with E-state index in [1.807, 2.05) is 54.6 Å². The van der Waals surface area contributed by atoms with Crippen molar-refractivity contribution < 1.29 is 4.79 Å². The normalized spacial score (nSPS) is 11.2. The predicted octanol–water partition coefficient (Wildman–Crippen LogP) is 4.79. The maximum Gasteiger partial charge on any atom is 0.185 e. The number of hydrogen-bond acceptors (Lipinski definition) is 1. The zero-order valence-corrected chi connectivity index (χ0v) is 11.0. The fourth-order valence-electron chi connectivity index (χ4n) is 1.58. The van der Waals surface area contributed by atoms with Crippen LogP contribution in [0.2, 0.25) is 5.02 Å². The lowest BCUT2D eigenvalue weighted by molar-refractivity contribution is 0.104. The fourth-order valence-corrected chi connectivity index (χ4v) is 1.71. The molecule has 2 rings (SSSR count). The van der Waals surface area contributed by atoms with Gasteiger partial charge in [0.2, 0.25) is 0 Å². The zero-order chi connectivity index (χ0) is 13.5. The quantitative estimate of drug-likeness (QED) is 0.443. The van der Waals surface area contributed by atoms with E-state index in [1.165, 1.54) is 0 Å². The zero-order valence-electron chi connectivity index (χ0n) is 10.3. The lowest BCUT2D eigenvalue weighted by Crippen LogP contribution is -1.92. The maximum atomic E-state index is 11.8. The fraction of sp³-hybridized carbons (Fsp3) is 0. The van der Waals surface area contributed by atoms with Gasteiger partial charge in [-0.3, -0.25) is 4.79 Å². The van der Waals surface area contributed by atoms with Crippen LogP contribution in [0, 0.1) is 0 Å². The van der Waals surface area contributed by atoms with Gasteiger partial charge in [-0.2, -0.15) is 0 Å². The Morgan fingerprint density at radius 1 is 0.895 bits per heavy atom. The number of hydrogen-bond donors (Lipinski definition) is 0. The van der Waals surface area contributed by atoms with Crippen LogP contribution in [0.1, 0.15) is 15.9 Å². The van der Waals surface area contributed by atoms with E-state index >= 15 is 0 Å². The summed E-state index contributed by atoms with van der Waals surface area (Å²) in [4.78, 5) is 11.8. The first-order chi connectivity index (χ1) is 9.25. The SMILES string of the molecule is O=C(/C=C/C=C/c1ccc(Cl)cc1)c1ccccc1. The predicted molar refractivity (Wildman–Crippen MR) is 80.4 cm³/mol. The molecule has 0 aliphatic carbocycles. The topological polar surface area (TPSA) is 17.1 Å². The summed E-state index contributed by atoms with van der Waals surface area (Å²) in [5.41, 5.74) is 1.74. The summed E-state index contributed by atoms with van der Waals surface area (Å²) in [6, 6.07) is 16.7. The van der Waals surface area contributed by atoms with Crippen LogP contribution in [-0.2, 0) is 0 Å². The first-order valence-electron chi connectivity index (χ1n) is 5.95.